The largest absolute Gasteiger partial charge is 0.481 e. The third kappa shape index (κ3) is 4.29. The molecule has 4 heteroatoms. The van der Waals surface area contributed by atoms with Crippen LogP contribution in [0.3, 0.4) is 0 Å². The van der Waals surface area contributed by atoms with E-state index in [1.807, 2.05) is 0 Å². The van der Waals surface area contributed by atoms with Crippen LogP contribution in [-0.4, -0.2) is 34.3 Å². The molecule has 0 spiro atoms. The van der Waals surface area contributed by atoms with Gasteiger partial charge in [-0.2, -0.15) is 11.8 Å². The predicted molar refractivity (Wildman–Crippen MR) is 36.6 cm³/mol. The van der Waals surface area contributed by atoms with E-state index in [9.17, 15) is 4.79 Å². The third-order valence-corrected chi connectivity index (χ3v) is 1.92. The number of hydrogen-bond acceptors (Lipinski definition) is 3. The van der Waals surface area contributed by atoms with Crippen LogP contribution in [0.4, 0.5) is 0 Å². The summed E-state index contributed by atoms with van der Waals surface area (Å²) in [5.74, 6) is -0.858. The first-order chi connectivity index (χ1) is 4.20. The Hall–Kier alpha value is -0.220. The van der Waals surface area contributed by atoms with E-state index < -0.39 is 5.97 Å². The number of hydrogen-bond donors (Lipinski definition) is 2. The van der Waals surface area contributed by atoms with E-state index in [0.717, 1.165) is 0 Å². The zero-order valence-electron chi connectivity index (χ0n) is 5.20. The number of carbonyl (C=O) groups is 1. The van der Waals surface area contributed by atoms with Gasteiger partial charge in [0.05, 0.1) is 13.0 Å². The summed E-state index contributed by atoms with van der Waals surface area (Å²) in [5, 5.41) is 16.6. The zero-order chi connectivity index (χ0) is 7.28. The Kier molecular flexibility index (Phi) is 4.53. The number of thioether (sulfide) groups is 1. The van der Waals surface area contributed by atoms with E-state index >= 15 is 0 Å². The minimum absolute atomic E-state index is 0.0394. The van der Waals surface area contributed by atoms with E-state index in [1.54, 1.807) is 6.26 Å². The van der Waals surface area contributed by atoms with Gasteiger partial charge in [0.2, 0.25) is 0 Å². The highest BCUT2D eigenvalue weighted by atomic mass is 32.2. The number of aliphatic hydroxyl groups excluding tert-OH is 1. The molecule has 9 heavy (non-hydrogen) atoms. The van der Waals surface area contributed by atoms with Crippen molar-refractivity contribution in [2.75, 3.05) is 12.9 Å². The molecule has 0 aromatic heterocycles. The molecule has 0 saturated heterocycles. The van der Waals surface area contributed by atoms with Gasteiger partial charge in [-0.25, -0.2) is 0 Å². The van der Waals surface area contributed by atoms with Crippen LogP contribution >= 0.6 is 11.8 Å². The first kappa shape index (κ1) is 8.78. The maximum Gasteiger partial charge on any atom is 0.304 e. The van der Waals surface area contributed by atoms with Crippen LogP contribution in [0.1, 0.15) is 6.42 Å². The lowest BCUT2D eigenvalue weighted by Crippen LogP contribution is -2.13. The quantitative estimate of drug-likeness (QED) is 0.600. The SMILES string of the molecule is CSC(CO)CC(=O)O. The number of carboxylic acid groups (broad SMARTS) is 1. The molecule has 1 atom stereocenters. The van der Waals surface area contributed by atoms with Crippen molar-refractivity contribution in [3.8, 4) is 0 Å². The van der Waals surface area contributed by atoms with Crippen molar-refractivity contribution in [3.05, 3.63) is 0 Å². The number of carboxylic acids is 1. The molecule has 0 radical (unpaired) electrons. The average Bonchev–Trinajstić information content (AvgIpc) is 1.82. The molecule has 0 fully saturated rings. The second-order valence-electron chi connectivity index (χ2n) is 1.64. The van der Waals surface area contributed by atoms with Crippen LogP contribution in [0, 0.1) is 0 Å². The standard InChI is InChI=1S/C5H10O3S/c1-9-4(3-6)2-5(7)8/h4,6H,2-3H2,1H3,(H,7,8). The lowest BCUT2D eigenvalue weighted by Gasteiger charge is -2.05. The molecule has 0 heterocycles. The first-order valence-electron chi connectivity index (χ1n) is 2.56. The van der Waals surface area contributed by atoms with Crippen molar-refractivity contribution in [1.29, 1.82) is 0 Å². The van der Waals surface area contributed by atoms with Gasteiger partial charge in [0, 0.05) is 5.25 Å². The van der Waals surface area contributed by atoms with Crippen LogP contribution < -0.4 is 0 Å². The molecule has 0 aliphatic carbocycles. The predicted octanol–water partition coefficient (Wildman–Crippen LogP) is 0.185. The highest BCUT2D eigenvalue weighted by molar-refractivity contribution is 7.99. The van der Waals surface area contributed by atoms with Gasteiger partial charge < -0.3 is 10.2 Å². The molecule has 0 saturated carbocycles. The van der Waals surface area contributed by atoms with E-state index in [2.05, 4.69) is 0 Å². The van der Waals surface area contributed by atoms with Gasteiger partial charge >= 0.3 is 5.97 Å². The van der Waals surface area contributed by atoms with E-state index in [-0.39, 0.29) is 18.3 Å². The van der Waals surface area contributed by atoms with Crippen molar-refractivity contribution < 1.29 is 15.0 Å². The van der Waals surface area contributed by atoms with E-state index in [4.69, 9.17) is 10.2 Å². The molecule has 0 amide bonds. The normalized spacial score (nSPS) is 13.1. The summed E-state index contributed by atoms with van der Waals surface area (Å²) in [6.45, 7) is -0.0620. The summed E-state index contributed by atoms with van der Waals surface area (Å²) in [6, 6.07) is 0. The Labute approximate surface area is 58.1 Å². The molecular formula is C5H10O3S. The van der Waals surface area contributed by atoms with Crippen LogP contribution in [-0.2, 0) is 4.79 Å². The van der Waals surface area contributed by atoms with Gasteiger partial charge in [-0.3, -0.25) is 4.79 Å². The summed E-state index contributed by atoms with van der Waals surface area (Å²) in [6.07, 6.45) is 1.82. The fourth-order valence-electron chi connectivity index (χ4n) is 0.417. The van der Waals surface area contributed by atoms with Gasteiger partial charge in [0.15, 0.2) is 0 Å². The lowest BCUT2D eigenvalue weighted by atomic mass is 10.3. The Morgan fingerprint density at radius 1 is 1.78 bits per heavy atom. The lowest BCUT2D eigenvalue weighted by molar-refractivity contribution is -0.137. The van der Waals surface area contributed by atoms with E-state index in [0.29, 0.717) is 0 Å². The molecule has 1 unspecified atom stereocenters. The van der Waals surface area contributed by atoms with E-state index in [1.165, 1.54) is 11.8 Å². The van der Waals surface area contributed by atoms with Gasteiger partial charge in [-0.05, 0) is 6.26 Å². The molecule has 2 N–H and O–H groups in total. The molecule has 0 bridgehead atoms. The van der Waals surface area contributed by atoms with Gasteiger partial charge in [0.25, 0.3) is 0 Å². The van der Waals surface area contributed by atoms with Crippen LogP contribution in [0.5, 0.6) is 0 Å². The van der Waals surface area contributed by atoms with Gasteiger partial charge in [-0.15, -0.1) is 0 Å². The average molecular weight is 150 g/mol. The molecule has 0 rings (SSSR count). The fourth-order valence-corrected chi connectivity index (χ4v) is 0.875. The first-order valence-corrected chi connectivity index (χ1v) is 3.85. The summed E-state index contributed by atoms with van der Waals surface area (Å²) in [4.78, 5) is 10.0. The third-order valence-electron chi connectivity index (χ3n) is 0.939. The van der Waals surface area contributed by atoms with Crippen molar-refractivity contribution in [3.63, 3.8) is 0 Å². The second-order valence-corrected chi connectivity index (χ2v) is 2.78. The number of rotatable bonds is 4. The Morgan fingerprint density at radius 2 is 2.33 bits per heavy atom. The van der Waals surface area contributed by atoms with Crippen molar-refractivity contribution >= 4 is 17.7 Å². The number of aliphatic carboxylic acids is 1. The smallest absolute Gasteiger partial charge is 0.304 e. The summed E-state index contributed by atoms with van der Waals surface area (Å²) in [5.41, 5.74) is 0. The molecule has 3 nitrogen and oxygen atoms in total. The summed E-state index contributed by atoms with van der Waals surface area (Å²) in [7, 11) is 0. The molecular weight excluding hydrogens is 140 g/mol. The van der Waals surface area contributed by atoms with Crippen LogP contribution in [0.15, 0.2) is 0 Å². The van der Waals surface area contributed by atoms with Crippen LogP contribution in [0.25, 0.3) is 0 Å². The van der Waals surface area contributed by atoms with Crippen molar-refractivity contribution in [2.24, 2.45) is 0 Å². The number of aliphatic hydroxyl groups is 1. The monoisotopic (exact) mass is 150 g/mol. The topological polar surface area (TPSA) is 57.5 Å². The molecule has 0 aliphatic rings. The van der Waals surface area contributed by atoms with Crippen molar-refractivity contribution in [2.45, 2.75) is 11.7 Å². The Bertz CT molecular complexity index is 90.2. The second kappa shape index (κ2) is 4.64. The molecule has 54 valence electrons. The maximum absolute atomic E-state index is 10.0. The minimum Gasteiger partial charge on any atom is -0.481 e. The zero-order valence-corrected chi connectivity index (χ0v) is 6.02. The van der Waals surface area contributed by atoms with Gasteiger partial charge in [0.1, 0.15) is 0 Å². The fraction of sp³-hybridized carbons (Fsp3) is 0.800. The van der Waals surface area contributed by atoms with Gasteiger partial charge in [-0.1, -0.05) is 0 Å². The highest BCUT2D eigenvalue weighted by Gasteiger charge is 2.08. The molecule has 0 aromatic rings. The highest BCUT2D eigenvalue weighted by Crippen LogP contribution is 2.08. The maximum atomic E-state index is 10.0. The minimum atomic E-state index is -0.858. The molecule has 0 aliphatic heterocycles. The Morgan fingerprint density at radius 3 is 2.44 bits per heavy atom. The van der Waals surface area contributed by atoms with Crippen molar-refractivity contribution in [1.82, 2.24) is 0 Å². The molecule has 0 aromatic carbocycles. The summed E-state index contributed by atoms with van der Waals surface area (Å²) >= 11 is 1.37. The van der Waals surface area contributed by atoms with Crippen LogP contribution in [0.2, 0.25) is 0 Å². The summed E-state index contributed by atoms with van der Waals surface area (Å²) < 4.78 is 0. The Balaban J connectivity index is 3.43.